The van der Waals surface area contributed by atoms with Gasteiger partial charge in [0.05, 0.1) is 12.3 Å². The molecule has 144 valence electrons. The van der Waals surface area contributed by atoms with Gasteiger partial charge >= 0.3 is 0 Å². The number of hydrogen-bond donors (Lipinski definition) is 1. The fourth-order valence-electron chi connectivity index (χ4n) is 3.04. The second-order valence-electron chi connectivity index (χ2n) is 6.27. The van der Waals surface area contributed by atoms with Crippen molar-refractivity contribution in [2.45, 2.75) is 38.8 Å². The Morgan fingerprint density at radius 1 is 1.26 bits per heavy atom. The number of pyridine rings is 1. The Hall–Kier alpha value is -2.64. The Bertz CT molecular complexity index is 813. The zero-order valence-electron chi connectivity index (χ0n) is 15.3. The van der Waals surface area contributed by atoms with E-state index >= 15 is 0 Å². The van der Waals surface area contributed by atoms with E-state index < -0.39 is 0 Å². The first-order valence-corrected chi connectivity index (χ1v) is 9.04. The third-order valence-corrected chi connectivity index (χ3v) is 4.40. The average Bonchev–Trinajstić information content (AvgIpc) is 2.72. The van der Waals surface area contributed by atoms with Crippen LogP contribution in [0.25, 0.3) is 0 Å². The van der Waals surface area contributed by atoms with Crippen molar-refractivity contribution in [2.75, 3.05) is 19.1 Å². The highest BCUT2D eigenvalue weighted by Crippen LogP contribution is 2.18. The molecule has 1 aromatic heterocycles. The Labute approximate surface area is 157 Å². The van der Waals surface area contributed by atoms with Crippen LogP contribution in [0.5, 0.6) is 5.75 Å². The van der Waals surface area contributed by atoms with E-state index in [1.165, 1.54) is 10.7 Å². The monoisotopic (exact) mass is 372 g/mol. The van der Waals surface area contributed by atoms with Gasteiger partial charge in [-0.2, -0.15) is 0 Å². The van der Waals surface area contributed by atoms with Gasteiger partial charge in [0.1, 0.15) is 12.3 Å². The Balaban J connectivity index is 1.80. The summed E-state index contributed by atoms with van der Waals surface area (Å²) in [7, 11) is 1.67. The summed E-state index contributed by atoms with van der Waals surface area (Å²) in [5.74, 6) is 0.0147. The second-order valence-corrected chi connectivity index (χ2v) is 6.27. The molecule has 1 fully saturated rings. The SMILES string of the molecule is CNn1c(COC2CCCCO2)cc(=O)c(OCc2ccccc2)c1C=O. The molecular weight excluding hydrogens is 348 g/mol. The van der Waals surface area contributed by atoms with Gasteiger partial charge in [-0.25, -0.2) is 0 Å². The number of hydrogen-bond acceptors (Lipinski definition) is 6. The molecule has 7 nitrogen and oxygen atoms in total. The number of carbonyl (C=O) groups is 1. The van der Waals surface area contributed by atoms with Gasteiger partial charge < -0.3 is 19.6 Å². The molecule has 3 rings (SSSR count). The molecule has 0 spiro atoms. The Morgan fingerprint density at radius 3 is 2.74 bits per heavy atom. The van der Waals surface area contributed by atoms with Gasteiger partial charge in [0.25, 0.3) is 0 Å². The van der Waals surface area contributed by atoms with Crippen LogP contribution < -0.4 is 15.6 Å². The van der Waals surface area contributed by atoms with Crippen molar-refractivity contribution in [2.24, 2.45) is 0 Å². The smallest absolute Gasteiger partial charge is 0.224 e. The highest BCUT2D eigenvalue weighted by molar-refractivity contribution is 5.77. The summed E-state index contributed by atoms with van der Waals surface area (Å²) >= 11 is 0. The fourth-order valence-corrected chi connectivity index (χ4v) is 3.04. The van der Waals surface area contributed by atoms with Crippen molar-refractivity contribution in [3.05, 3.63) is 63.6 Å². The van der Waals surface area contributed by atoms with Crippen LogP contribution in [0.3, 0.4) is 0 Å². The molecule has 0 amide bonds. The summed E-state index contributed by atoms with van der Waals surface area (Å²) in [5, 5.41) is 0. The van der Waals surface area contributed by atoms with Crippen LogP contribution in [-0.2, 0) is 22.7 Å². The minimum atomic E-state index is -0.359. The topological polar surface area (TPSA) is 78.8 Å². The van der Waals surface area contributed by atoms with Gasteiger partial charge in [-0.05, 0) is 24.8 Å². The van der Waals surface area contributed by atoms with E-state index in [0.29, 0.717) is 18.6 Å². The largest absolute Gasteiger partial charge is 0.483 e. The lowest BCUT2D eigenvalue weighted by Crippen LogP contribution is -2.28. The van der Waals surface area contributed by atoms with E-state index in [4.69, 9.17) is 14.2 Å². The van der Waals surface area contributed by atoms with Crippen molar-refractivity contribution in [3.8, 4) is 5.75 Å². The summed E-state index contributed by atoms with van der Waals surface area (Å²) < 4.78 is 18.5. The van der Waals surface area contributed by atoms with Crippen LogP contribution in [0.15, 0.2) is 41.2 Å². The molecule has 1 unspecified atom stereocenters. The molecule has 0 radical (unpaired) electrons. The average molecular weight is 372 g/mol. The van der Waals surface area contributed by atoms with Gasteiger partial charge in [-0.15, -0.1) is 0 Å². The molecule has 2 aromatic rings. The molecule has 27 heavy (non-hydrogen) atoms. The summed E-state index contributed by atoms with van der Waals surface area (Å²) in [6.45, 7) is 1.03. The zero-order valence-corrected chi connectivity index (χ0v) is 15.3. The van der Waals surface area contributed by atoms with Crippen molar-refractivity contribution in [1.29, 1.82) is 0 Å². The molecule has 2 heterocycles. The molecule has 1 atom stereocenters. The van der Waals surface area contributed by atoms with Crippen molar-refractivity contribution in [1.82, 2.24) is 4.68 Å². The lowest BCUT2D eigenvalue weighted by Gasteiger charge is -2.24. The molecule has 0 bridgehead atoms. The van der Waals surface area contributed by atoms with Crippen LogP contribution >= 0.6 is 0 Å². The first-order valence-electron chi connectivity index (χ1n) is 9.04. The second kappa shape index (κ2) is 9.34. The van der Waals surface area contributed by atoms with E-state index in [2.05, 4.69) is 5.43 Å². The summed E-state index contributed by atoms with van der Waals surface area (Å²) in [6, 6.07) is 10.9. The maximum absolute atomic E-state index is 12.5. The van der Waals surface area contributed by atoms with Crippen LogP contribution in [0.2, 0.25) is 0 Å². The van der Waals surface area contributed by atoms with E-state index in [9.17, 15) is 9.59 Å². The molecule has 1 N–H and O–H groups in total. The van der Waals surface area contributed by atoms with E-state index in [-0.39, 0.29) is 36.4 Å². The van der Waals surface area contributed by atoms with Gasteiger partial charge in [0, 0.05) is 19.7 Å². The maximum Gasteiger partial charge on any atom is 0.224 e. The van der Waals surface area contributed by atoms with Gasteiger partial charge in [0.15, 0.2) is 18.3 Å². The number of rotatable bonds is 8. The highest BCUT2D eigenvalue weighted by Gasteiger charge is 2.19. The van der Waals surface area contributed by atoms with E-state index in [1.807, 2.05) is 30.3 Å². The first-order chi connectivity index (χ1) is 13.2. The molecule has 1 saturated heterocycles. The van der Waals surface area contributed by atoms with E-state index in [1.54, 1.807) is 7.05 Å². The minimum absolute atomic E-state index is 0.0147. The fraction of sp³-hybridized carbons (Fsp3) is 0.400. The quantitative estimate of drug-likeness (QED) is 0.717. The summed E-state index contributed by atoms with van der Waals surface area (Å²) in [5.41, 5.74) is 4.13. The van der Waals surface area contributed by atoms with Crippen LogP contribution in [0, 0.1) is 0 Å². The van der Waals surface area contributed by atoms with Crippen molar-refractivity contribution in [3.63, 3.8) is 0 Å². The Morgan fingerprint density at radius 2 is 2.07 bits per heavy atom. The Kier molecular flexibility index (Phi) is 6.62. The number of carbonyl (C=O) groups excluding carboxylic acids is 1. The standard InChI is InChI=1S/C20H24N2O5/c1-21-22-16(14-26-19-9-5-6-10-25-19)11-18(24)20(17(22)12-23)27-13-15-7-3-2-4-8-15/h2-4,7-8,11-12,19,21H,5-6,9-10,13-14H2,1H3. The number of benzene rings is 1. The summed E-state index contributed by atoms with van der Waals surface area (Å²) in [4.78, 5) is 24.2. The minimum Gasteiger partial charge on any atom is -0.483 e. The van der Waals surface area contributed by atoms with Crippen LogP contribution in [-0.4, -0.2) is 30.9 Å². The number of ether oxygens (including phenoxy) is 3. The number of nitrogens with one attached hydrogen (secondary N) is 1. The van der Waals surface area contributed by atoms with E-state index in [0.717, 1.165) is 24.8 Å². The van der Waals surface area contributed by atoms with Gasteiger partial charge in [0.2, 0.25) is 5.43 Å². The lowest BCUT2D eigenvalue weighted by molar-refractivity contribution is -0.169. The molecule has 0 aliphatic carbocycles. The molecular formula is C20H24N2O5. The predicted molar refractivity (Wildman–Crippen MR) is 101 cm³/mol. The molecule has 1 aromatic carbocycles. The van der Waals surface area contributed by atoms with Gasteiger partial charge in [-0.3, -0.25) is 14.3 Å². The molecule has 1 aliphatic rings. The zero-order chi connectivity index (χ0) is 19.1. The first kappa shape index (κ1) is 19.1. The van der Waals surface area contributed by atoms with Gasteiger partial charge in [-0.1, -0.05) is 30.3 Å². The van der Waals surface area contributed by atoms with Crippen LogP contribution in [0.1, 0.15) is 41.0 Å². The lowest BCUT2D eigenvalue weighted by atomic mass is 10.2. The third kappa shape index (κ3) is 4.75. The van der Waals surface area contributed by atoms with Crippen molar-refractivity contribution < 1.29 is 19.0 Å². The number of nitrogens with zero attached hydrogens (tertiary/aromatic N) is 1. The number of aromatic nitrogens is 1. The highest BCUT2D eigenvalue weighted by atomic mass is 16.7. The summed E-state index contributed by atoms with van der Waals surface area (Å²) in [6.07, 6.45) is 3.23. The third-order valence-electron chi connectivity index (χ3n) is 4.40. The van der Waals surface area contributed by atoms with Crippen molar-refractivity contribution >= 4 is 6.29 Å². The molecule has 1 aliphatic heterocycles. The maximum atomic E-state index is 12.5. The molecule has 0 saturated carbocycles. The molecule has 7 heteroatoms. The van der Waals surface area contributed by atoms with Crippen LogP contribution in [0.4, 0.5) is 0 Å². The predicted octanol–water partition coefficient (Wildman–Crippen LogP) is 2.46. The normalized spacial score (nSPS) is 16.7. The number of aldehydes is 1.